The highest BCUT2D eigenvalue weighted by Gasteiger charge is 2.38. The van der Waals surface area contributed by atoms with E-state index in [0.717, 1.165) is 49.0 Å². The molecule has 1 aliphatic carbocycles. The molecule has 8 nitrogen and oxygen atoms in total. The standard InChI is InChI=1S/C23H27N5O.C2HF3O2/c1-15-12-16(2)28-22(24-15)14-21(26-28)23(29)25-19-7-6-17-8-10-27(20-4-3-5-20)11-9-18(17)13-19;3-2(4,5)1(6)7/h6-7,12-14,20H,3-5,8-11H2,1-2H3,(H,25,29);(H,6,7). The minimum Gasteiger partial charge on any atom is -0.475 e. The van der Waals surface area contributed by atoms with Gasteiger partial charge in [-0.15, -0.1) is 0 Å². The third kappa shape index (κ3) is 5.84. The fourth-order valence-corrected chi connectivity index (χ4v) is 4.53. The third-order valence-corrected chi connectivity index (χ3v) is 6.60. The number of anilines is 1. The predicted octanol–water partition coefficient (Wildman–Crippen LogP) is 4.18. The molecule has 1 aromatic carbocycles. The van der Waals surface area contributed by atoms with Crippen LogP contribution in [-0.2, 0) is 17.6 Å². The summed E-state index contributed by atoms with van der Waals surface area (Å²) >= 11 is 0. The number of benzene rings is 1. The number of fused-ring (bicyclic) bond motifs is 2. The van der Waals surface area contributed by atoms with E-state index in [-0.39, 0.29) is 5.91 Å². The van der Waals surface area contributed by atoms with Gasteiger partial charge >= 0.3 is 12.1 Å². The molecule has 11 heteroatoms. The van der Waals surface area contributed by atoms with Gasteiger partial charge in [0.2, 0.25) is 0 Å². The van der Waals surface area contributed by atoms with Crippen LogP contribution in [0, 0.1) is 13.8 Å². The second-order valence-corrected chi connectivity index (χ2v) is 9.20. The van der Waals surface area contributed by atoms with Gasteiger partial charge in [0.25, 0.3) is 5.91 Å². The molecule has 2 aromatic heterocycles. The van der Waals surface area contributed by atoms with Gasteiger partial charge in [0.1, 0.15) is 0 Å². The Bertz CT molecular complexity index is 1280. The molecule has 3 heterocycles. The topological polar surface area (TPSA) is 99.8 Å². The normalized spacial score (nSPS) is 16.4. The summed E-state index contributed by atoms with van der Waals surface area (Å²) < 4.78 is 33.5. The zero-order valence-corrected chi connectivity index (χ0v) is 20.1. The third-order valence-electron chi connectivity index (χ3n) is 6.60. The van der Waals surface area contributed by atoms with Crippen LogP contribution in [0.4, 0.5) is 18.9 Å². The summed E-state index contributed by atoms with van der Waals surface area (Å²) in [7, 11) is 0. The first-order chi connectivity index (χ1) is 17.0. The van der Waals surface area contributed by atoms with Crippen LogP contribution in [-0.4, -0.2) is 61.8 Å². The monoisotopic (exact) mass is 503 g/mol. The molecule has 1 saturated carbocycles. The smallest absolute Gasteiger partial charge is 0.475 e. The molecular formula is C25H28F3N5O3. The van der Waals surface area contributed by atoms with Crippen molar-refractivity contribution in [2.45, 2.75) is 58.2 Å². The number of aryl methyl sites for hydroxylation is 2. The van der Waals surface area contributed by atoms with Crippen LogP contribution in [0.3, 0.4) is 0 Å². The predicted molar refractivity (Wildman–Crippen MR) is 127 cm³/mol. The van der Waals surface area contributed by atoms with Crippen LogP contribution >= 0.6 is 0 Å². The molecule has 1 fully saturated rings. The van der Waals surface area contributed by atoms with Gasteiger partial charge in [-0.2, -0.15) is 18.3 Å². The number of aromatic nitrogens is 3. The molecule has 1 aliphatic heterocycles. The first-order valence-corrected chi connectivity index (χ1v) is 11.8. The van der Waals surface area contributed by atoms with Crippen molar-refractivity contribution in [3.63, 3.8) is 0 Å². The minimum atomic E-state index is -5.08. The van der Waals surface area contributed by atoms with Gasteiger partial charge in [-0.25, -0.2) is 14.3 Å². The molecule has 0 bridgehead atoms. The van der Waals surface area contributed by atoms with E-state index in [2.05, 4.69) is 32.4 Å². The van der Waals surface area contributed by atoms with Crippen molar-refractivity contribution < 1.29 is 27.9 Å². The van der Waals surface area contributed by atoms with Crippen molar-refractivity contribution >= 4 is 23.2 Å². The van der Waals surface area contributed by atoms with Crippen LogP contribution in [0.5, 0.6) is 0 Å². The molecular weight excluding hydrogens is 475 g/mol. The number of nitrogens with one attached hydrogen (secondary N) is 1. The first-order valence-electron chi connectivity index (χ1n) is 11.8. The van der Waals surface area contributed by atoms with Gasteiger partial charge in [-0.05, 0) is 68.9 Å². The van der Waals surface area contributed by atoms with Crippen LogP contribution in [0.15, 0.2) is 30.3 Å². The molecule has 3 aromatic rings. The summed E-state index contributed by atoms with van der Waals surface area (Å²) in [5.41, 5.74) is 6.57. The van der Waals surface area contributed by atoms with Gasteiger partial charge in [0.05, 0.1) is 0 Å². The van der Waals surface area contributed by atoms with Crippen molar-refractivity contribution in [2.75, 3.05) is 18.4 Å². The molecule has 0 atom stereocenters. The van der Waals surface area contributed by atoms with E-state index < -0.39 is 12.1 Å². The fourth-order valence-electron chi connectivity index (χ4n) is 4.53. The Morgan fingerprint density at radius 3 is 2.33 bits per heavy atom. The van der Waals surface area contributed by atoms with Crippen LogP contribution in [0.25, 0.3) is 5.65 Å². The Kier molecular flexibility index (Phi) is 7.30. The summed E-state index contributed by atoms with van der Waals surface area (Å²) in [6.07, 6.45) is 1.14. The van der Waals surface area contributed by atoms with E-state index in [9.17, 15) is 18.0 Å². The lowest BCUT2D eigenvalue weighted by atomic mass is 9.91. The molecule has 0 saturated heterocycles. The van der Waals surface area contributed by atoms with E-state index in [1.807, 2.05) is 26.0 Å². The number of hydrogen-bond acceptors (Lipinski definition) is 5. The van der Waals surface area contributed by atoms with Gasteiger partial charge in [0.15, 0.2) is 11.3 Å². The number of carbonyl (C=O) groups excluding carboxylic acids is 1. The zero-order chi connectivity index (χ0) is 26.0. The van der Waals surface area contributed by atoms with E-state index in [0.29, 0.717) is 11.3 Å². The fraction of sp³-hybridized carbons (Fsp3) is 0.440. The summed E-state index contributed by atoms with van der Waals surface area (Å²) in [4.78, 5) is 28.8. The number of amides is 1. The van der Waals surface area contributed by atoms with E-state index in [1.165, 1.54) is 30.4 Å². The first kappa shape index (κ1) is 25.6. The van der Waals surface area contributed by atoms with Crippen molar-refractivity contribution in [3.8, 4) is 0 Å². The largest absolute Gasteiger partial charge is 0.490 e. The maximum Gasteiger partial charge on any atom is 0.490 e. The van der Waals surface area contributed by atoms with Gasteiger partial charge in [0, 0.05) is 42.3 Å². The maximum absolute atomic E-state index is 12.8. The number of nitrogens with zero attached hydrogens (tertiary/aromatic N) is 4. The van der Waals surface area contributed by atoms with Crippen molar-refractivity contribution in [3.05, 3.63) is 58.5 Å². The quantitative estimate of drug-likeness (QED) is 0.556. The number of carbonyl (C=O) groups is 2. The number of carboxylic acid groups (broad SMARTS) is 1. The number of alkyl halides is 3. The molecule has 2 aliphatic rings. The Balaban J connectivity index is 0.000000384. The van der Waals surface area contributed by atoms with E-state index >= 15 is 0 Å². The number of aliphatic carboxylic acids is 1. The molecule has 0 unspecified atom stereocenters. The zero-order valence-electron chi connectivity index (χ0n) is 20.1. The summed E-state index contributed by atoms with van der Waals surface area (Å²) in [5.74, 6) is -2.95. The van der Waals surface area contributed by atoms with E-state index in [4.69, 9.17) is 9.90 Å². The minimum absolute atomic E-state index is 0.197. The van der Waals surface area contributed by atoms with Crippen molar-refractivity contribution in [1.82, 2.24) is 19.5 Å². The van der Waals surface area contributed by atoms with Crippen LogP contribution < -0.4 is 5.32 Å². The molecule has 2 N–H and O–H groups in total. The number of hydrogen-bond donors (Lipinski definition) is 2. The summed E-state index contributed by atoms with van der Waals surface area (Å²) in [6.45, 7) is 6.18. The average Bonchev–Trinajstić information content (AvgIpc) is 3.09. The van der Waals surface area contributed by atoms with Crippen molar-refractivity contribution in [1.29, 1.82) is 0 Å². The molecule has 36 heavy (non-hydrogen) atoms. The highest BCUT2D eigenvalue weighted by atomic mass is 19.4. The van der Waals surface area contributed by atoms with Crippen molar-refractivity contribution in [2.24, 2.45) is 0 Å². The lowest BCUT2D eigenvalue weighted by Crippen LogP contribution is -2.41. The second kappa shape index (κ2) is 10.3. The lowest BCUT2D eigenvalue weighted by molar-refractivity contribution is -0.192. The summed E-state index contributed by atoms with van der Waals surface area (Å²) in [5, 5.41) is 14.6. The Hall–Kier alpha value is -3.47. The molecule has 5 rings (SSSR count). The Morgan fingerprint density at radius 2 is 1.72 bits per heavy atom. The number of carboxylic acids is 1. The van der Waals surface area contributed by atoms with Gasteiger partial charge in [-0.1, -0.05) is 12.5 Å². The van der Waals surface area contributed by atoms with E-state index in [1.54, 1.807) is 10.6 Å². The SMILES string of the molecule is Cc1cc(C)n2nc(C(=O)Nc3ccc4c(c3)CCN(C3CCC3)CC4)cc2n1.O=C(O)C(F)(F)F. The maximum atomic E-state index is 12.8. The van der Waals surface area contributed by atoms with Crippen LogP contribution in [0.1, 0.15) is 52.3 Å². The number of rotatable bonds is 3. The lowest BCUT2D eigenvalue weighted by Gasteiger charge is -2.36. The van der Waals surface area contributed by atoms with Gasteiger partial charge in [-0.3, -0.25) is 9.69 Å². The molecule has 0 radical (unpaired) electrons. The molecule has 1 amide bonds. The molecule has 0 spiro atoms. The Morgan fingerprint density at radius 1 is 1.06 bits per heavy atom. The molecule has 192 valence electrons. The average molecular weight is 504 g/mol. The highest BCUT2D eigenvalue weighted by molar-refractivity contribution is 6.03. The number of halogens is 3. The summed E-state index contributed by atoms with van der Waals surface area (Å²) in [6, 6.07) is 10.8. The van der Waals surface area contributed by atoms with Gasteiger partial charge < -0.3 is 10.4 Å². The highest BCUT2D eigenvalue weighted by Crippen LogP contribution is 2.28. The Labute approximate surface area is 206 Å². The second-order valence-electron chi connectivity index (χ2n) is 9.20. The van der Waals surface area contributed by atoms with Crippen LogP contribution in [0.2, 0.25) is 0 Å².